The number of anilines is 1. The van der Waals surface area contributed by atoms with Crippen LogP contribution >= 0.6 is 11.6 Å². The van der Waals surface area contributed by atoms with Gasteiger partial charge in [-0.3, -0.25) is 14.4 Å². The van der Waals surface area contributed by atoms with Gasteiger partial charge in [-0.1, -0.05) is 78.9 Å². The van der Waals surface area contributed by atoms with E-state index in [-0.39, 0.29) is 24.1 Å². The summed E-state index contributed by atoms with van der Waals surface area (Å²) in [7, 11) is 0. The van der Waals surface area contributed by atoms with Crippen LogP contribution in [0.1, 0.15) is 43.4 Å². The Labute approximate surface area is 254 Å². The van der Waals surface area contributed by atoms with Crippen molar-refractivity contribution in [3.8, 4) is 5.75 Å². The van der Waals surface area contributed by atoms with Crippen LogP contribution in [0, 0.1) is 5.92 Å². The van der Waals surface area contributed by atoms with Gasteiger partial charge in [-0.2, -0.15) is 0 Å². The molecule has 1 spiro atoms. The Morgan fingerprint density at radius 3 is 2.47 bits per heavy atom. The lowest BCUT2D eigenvalue weighted by Gasteiger charge is -2.38. The molecule has 212 valence electrons. The number of carbonyl (C=O) groups excluding carboxylic acids is 3. The molecule has 0 unspecified atom stereocenters. The van der Waals surface area contributed by atoms with Crippen LogP contribution in [-0.2, 0) is 10.2 Å². The van der Waals surface area contributed by atoms with Gasteiger partial charge in [-0.15, -0.1) is 0 Å². The summed E-state index contributed by atoms with van der Waals surface area (Å²) in [6.45, 7) is 3.93. The fraction of sp³-hybridized carbons (Fsp3) is 0.139. The van der Waals surface area contributed by atoms with Gasteiger partial charge in [-0.05, 0) is 65.2 Å². The van der Waals surface area contributed by atoms with Crippen LogP contribution in [0.15, 0.2) is 116 Å². The Bertz CT molecular complexity index is 1830. The van der Waals surface area contributed by atoms with Gasteiger partial charge in [0.05, 0.1) is 17.5 Å². The summed E-state index contributed by atoms with van der Waals surface area (Å²) in [4.78, 5) is 46.2. The molecule has 7 heteroatoms. The van der Waals surface area contributed by atoms with Crippen LogP contribution in [0.25, 0.3) is 6.08 Å². The number of para-hydroxylation sites is 2. The molecule has 1 fully saturated rings. The molecule has 0 radical (unpaired) electrons. The van der Waals surface area contributed by atoms with Gasteiger partial charge in [-0.25, -0.2) is 0 Å². The van der Waals surface area contributed by atoms with Crippen LogP contribution < -0.4 is 10.1 Å². The summed E-state index contributed by atoms with van der Waals surface area (Å²) in [5, 5.41) is 3.57. The van der Waals surface area contributed by atoms with Crippen molar-refractivity contribution in [3.05, 3.63) is 149 Å². The van der Waals surface area contributed by atoms with E-state index < -0.39 is 23.4 Å². The molecule has 4 aromatic rings. The number of hydrogen-bond acceptors (Lipinski definition) is 5. The highest BCUT2D eigenvalue weighted by Gasteiger charge is 2.70. The molecule has 7 rings (SSSR count). The first-order chi connectivity index (χ1) is 21.0. The molecule has 3 aliphatic rings. The second-order valence-corrected chi connectivity index (χ2v) is 11.4. The van der Waals surface area contributed by atoms with Crippen LogP contribution in [0.2, 0.25) is 5.02 Å². The average Bonchev–Trinajstić information content (AvgIpc) is 3.52. The summed E-state index contributed by atoms with van der Waals surface area (Å²) in [5.41, 5.74) is 2.41. The van der Waals surface area contributed by atoms with E-state index >= 15 is 4.79 Å². The second kappa shape index (κ2) is 10.4. The highest BCUT2D eigenvalue weighted by atomic mass is 35.5. The zero-order valence-electron chi connectivity index (χ0n) is 23.1. The number of amides is 1. The van der Waals surface area contributed by atoms with E-state index in [1.54, 1.807) is 54.6 Å². The van der Waals surface area contributed by atoms with E-state index in [2.05, 4.69) is 11.9 Å². The molecule has 1 saturated heterocycles. The number of nitrogens with zero attached hydrogens (tertiary/aromatic N) is 1. The normalized spacial score (nSPS) is 22.9. The first-order valence-electron chi connectivity index (χ1n) is 14.1. The highest BCUT2D eigenvalue weighted by Crippen LogP contribution is 2.62. The van der Waals surface area contributed by atoms with Crippen LogP contribution in [-0.4, -0.2) is 35.0 Å². The minimum atomic E-state index is -1.42. The smallest absolute Gasteiger partial charge is 0.238 e. The van der Waals surface area contributed by atoms with Gasteiger partial charge < -0.3 is 15.0 Å². The van der Waals surface area contributed by atoms with Crippen molar-refractivity contribution in [1.29, 1.82) is 0 Å². The molecule has 0 aliphatic carbocycles. The zero-order valence-corrected chi connectivity index (χ0v) is 23.8. The van der Waals surface area contributed by atoms with Crippen molar-refractivity contribution in [1.82, 2.24) is 4.90 Å². The first-order valence-corrected chi connectivity index (χ1v) is 14.5. The molecular formula is C36H27ClN2O4. The lowest BCUT2D eigenvalue weighted by molar-refractivity contribution is -0.122. The number of carbonyl (C=O) groups is 3. The topological polar surface area (TPSA) is 75.7 Å². The van der Waals surface area contributed by atoms with Gasteiger partial charge in [0, 0.05) is 22.5 Å². The number of benzene rings is 4. The lowest BCUT2D eigenvalue weighted by atomic mass is 9.62. The van der Waals surface area contributed by atoms with Crippen molar-refractivity contribution in [3.63, 3.8) is 0 Å². The van der Waals surface area contributed by atoms with Gasteiger partial charge in [0.2, 0.25) is 5.91 Å². The van der Waals surface area contributed by atoms with E-state index in [9.17, 15) is 9.59 Å². The van der Waals surface area contributed by atoms with Crippen LogP contribution in [0.5, 0.6) is 5.75 Å². The number of hydrogen-bond donors (Lipinski definition) is 1. The Morgan fingerprint density at radius 2 is 1.65 bits per heavy atom. The predicted molar refractivity (Wildman–Crippen MR) is 166 cm³/mol. The Morgan fingerprint density at radius 1 is 0.930 bits per heavy atom. The van der Waals surface area contributed by atoms with Crippen molar-refractivity contribution >= 4 is 40.8 Å². The maximum Gasteiger partial charge on any atom is 0.238 e. The van der Waals surface area contributed by atoms with Crippen molar-refractivity contribution in [2.24, 2.45) is 5.92 Å². The van der Waals surface area contributed by atoms with Crippen LogP contribution in [0.4, 0.5) is 5.69 Å². The minimum absolute atomic E-state index is 0.196. The lowest BCUT2D eigenvalue weighted by Crippen LogP contribution is -2.49. The van der Waals surface area contributed by atoms with Crippen molar-refractivity contribution in [2.45, 2.75) is 17.5 Å². The number of halogens is 1. The summed E-state index contributed by atoms with van der Waals surface area (Å²) in [5.74, 6) is -1.67. The molecule has 4 atom stereocenters. The standard InChI is InChI=1S/C36H27ClN2O4/c1-2-21-43-29-14-8-5-11-26(29)33(41)30-31(32(40)23-15-17-24(37)18-16-23)39-20-19-22-9-3-4-10-25(22)34(39)36(30)27-12-6-7-13-28(27)38-35(36)42/h2-20,30-31,34H,1,21H2,(H,38,42)/t30-,31+,34-,36-/m1/s1. The van der Waals surface area contributed by atoms with E-state index in [4.69, 9.17) is 16.3 Å². The third-order valence-corrected chi connectivity index (χ3v) is 9.01. The molecule has 6 nitrogen and oxygen atoms in total. The second-order valence-electron chi connectivity index (χ2n) is 10.9. The molecule has 4 aromatic carbocycles. The molecule has 43 heavy (non-hydrogen) atoms. The first kappa shape index (κ1) is 26.9. The quantitative estimate of drug-likeness (QED) is 0.189. The molecule has 1 N–H and O–H groups in total. The van der Waals surface area contributed by atoms with Crippen molar-refractivity contribution < 1.29 is 19.1 Å². The van der Waals surface area contributed by atoms with Gasteiger partial charge >= 0.3 is 0 Å². The number of ether oxygens (including phenoxy) is 1. The van der Waals surface area contributed by atoms with E-state index in [0.29, 0.717) is 33.1 Å². The molecule has 0 aromatic heterocycles. The van der Waals surface area contributed by atoms with E-state index in [1.165, 1.54) is 0 Å². The summed E-state index contributed by atoms with van der Waals surface area (Å²) in [6, 6.07) is 27.2. The fourth-order valence-corrected chi connectivity index (χ4v) is 7.19. The SMILES string of the molecule is C=CCOc1ccccc1C(=O)[C@H]1[C@@H](C(=O)c2ccc(Cl)cc2)N2C=Cc3ccccc3[C@@H]2[C@]12C(=O)Nc1ccccc12. The maximum absolute atomic E-state index is 15.1. The third kappa shape index (κ3) is 3.97. The Balaban J connectivity index is 1.52. The highest BCUT2D eigenvalue weighted by molar-refractivity contribution is 6.30. The zero-order chi connectivity index (χ0) is 29.7. The minimum Gasteiger partial charge on any atom is -0.489 e. The van der Waals surface area contributed by atoms with E-state index in [0.717, 1.165) is 11.1 Å². The molecule has 0 saturated carbocycles. The number of fused-ring (bicyclic) bond motifs is 6. The third-order valence-electron chi connectivity index (χ3n) is 8.76. The Kier molecular flexibility index (Phi) is 6.51. The number of nitrogens with one attached hydrogen (secondary N) is 1. The molecule has 0 bridgehead atoms. The average molecular weight is 587 g/mol. The molecule has 1 amide bonds. The summed E-state index contributed by atoms with van der Waals surface area (Å²) in [6.07, 6.45) is 5.40. The van der Waals surface area contributed by atoms with Gasteiger partial charge in [0.25, 0.3) is 0 Å². The van der Waals surface area contributed by atoms with Crippen LogP contribution in [0.3, 0.4) is 0 Å². The summed E-state index contributed by atoms with van der Waals surface area (Å²) >= 11 is 6.17. The number of Topliss-reactive ketones (excluding diaryl/α,β-unsaturated/α-hetero) is 2. The van der Waals surface area contributed by atoms with Gasteiger partial charge in [0.15, 0.2) is 11.6 Å². The monoisotopic (exact) mass is 586 g/mol. The molecule has 3 aliphatic heterocycles. The Hall–Kier alpha value is -4.94. The molecule has 3 heterocycles. The maximum atomic E-state index is 15.1. The number of rotatable bonds is 7. The largest absolute Gasteiger partial charge is 0.489 e. The summed E-state index contributed by atoms with van der Waals surface area (Å²) < 4.78 is 5.92. The van der Waals surface area contributed by atoms with Gasteiger partial charge in [0.1, 0.15) is 23.8 Å². The molecular weight excluding hydrogens is 560 g/mol. The fourth-order valence-electron chi connectivity index (χ4n) is 7.06. The predicted octanol–water partition coefficient (Wildman–Crippen LogP) is 6.89. The van der Waals surface area contributed by atoms with Crippen molar-refractivity contribution in [2.75, 3.05) is 11.9 Å². The number of ketones is 2. The van der Waals surface area contributed by atoms with E-state index in [1.807, 2.05) is 65.7 Å².